The molecule has 0 aromatic carbocycles. The standard InChI is InChI=1S/C6H3Br2ClF2S/c7-4(6(10)11)3-1-2(9)5(8)12-3/h1,4,6H. The van der Waals surface area contributed by atoms with E-state index in [1.807, 2.05) is 0 Å². The van der Waals surface area contributed by atoms with Gasteiger partial charge in [-0.3, -0.25) is 0 Å². The highest BCUT2D eigenvalue weighted by atomic mass is 79.9. The molecule has 1 unspecified atom stereocenters. The van der Waals surface area contributed by atoms with Crippen molar-refractivity contribution in [1.82, 2.24) is 0 Å². The molecule has 0 amide bonds. The summed E-state index contributed by atoms with van der Waals surface area (Å²) in [7, 11) is 0. The van der Waals surface area contributed by atoms with Gasteiger partial charge in [-0.05, 0) is 22.0 Å². The van der Waals surface area contributed by atoms with E-state index in [1.54, 1.807) is 0 Å². The predicted molar refractivity (Wildman–Crippen MR) is 54.7 cm³/mol. The molecule has 0 radical (unpaired) electrons. The number of rotatable bonds is 2. The maximum atomic E-state index is 12.2. The van der Waals surface area contributed by atoms with Crippen LogP contribution in [0.3, 0.4) is 0 Å². The van der Waals surface area contributed by atoms with Crippen molar-refractivity contribution in [2.75, 3.05) is 0 Å². The highest BCUT2D eigenvalue weighted by Gasteiger charge is 2.21. The zero-order chi connectivity index (χ0) is 9.30. The second-order valence-electron chi connectivity index (χ2n) is 2.01. The molecule has 1 atom stereocenters. The minimum Gasteiger partial charge on any atom is -0.209 e. The first-order chi connectivity index (χ1) is 5.52. The van der Waals surface area contributed by atoms with Crippen molar-refractivity contribution in [1.29, 1.82) is 0 Å². The van der Waals surface area contributed by atoms with Crippen LogP contribution in [0.15, 0.2) is 9.85 Å². The first-order valence-corrected chi connectivity index (χ1v) is 5.79. The van der Waals surface area contributed by atoms with Gasteiger partial charge in [-0.15, -0.1) is 11.3 Å². The van der Waals surface area contributed by atoms with Gasteiger partial charge in [0.1, 0.15) is 4.83 Å². The summed E-state index contributed by atoms with van der Waals surface area (Å²) in [5.74, 6) is 0. The highest BCUT2D eigenvalue weighted by molar-refractivity contribution is 9.11. The first-order valence-electron chi connectivity index (χ1n) is 2.89. The van der Waals surface area contributed by atoms with Crippen LogP contribution in [-0.2, 0) is 0 Å². The van der Waals surface area contributed by atoms with E-state index in [9.17, 15) is 8.78 Å². The molecule has 0 fully saturated rings. The molecule has 0 saturated heterocycles. The summed E-state index contributed by atoms with van der Waals surface area (Å²) >= 11 is 12.9. The summed E-state index contributed by atoms with van der Waals surface area (Å²) in [6.45, 7) is 0. The molecular weight excluding hydrogens is 337 g/mol. The van der Waals surface area contributed by atoms with E-state index in [2.05, 4.69) is 31.9 Å². The molecule has 0 aliphatic carbocycles. The summed E-state index contributed by atoms with van der Waals surface area (Å²) in [4.78, 5) is -0.395. The molecule has 1 rings (SSSR count). The number of thiophene rings is 1. The Bertz CT molecular complexity index is 257. The molecule has 0 saturated carbocycles. The lowest BCUT2D eigenvalue weighted by atomic mass is 10.3. The Kier molecular flexibility index (Phi) is 3.95. The van der Waals surface area contributed by atoms with E-state index in [0.29, 0.717) is 13.7 Å². The number of hydrogen-bond donors (Lipinski definition) is 0. The van der Waals surface area contributed by atoms with Crippen molar-refractivity contribution in [2.45, 2.75) is 11.3 Å². The summed E-state index contributed by atoms with van der Waals surface area (Å²) in [6.07, 6.45) is -2.41. The topological polar surface area (TPSA) is 0 Å². The van der Waals surface area contributed by atoms with Gasteiger partial charge >= 0.3 is 0 Å². The van der Waals surface area contributed by atoms with E-state index in [4.69, 9.17) is 11.6 Å². The van der Waals surface area contributed by atoms with Crippen LogP contribution in [0, 0.1) is 0 Å². The Labute approximate surface area is 94.2 Å². The lowest BCUT2D eigenvalue weighted by Crippen LogP contribution is -1.98. The van der Waals surface area contributed by atoms with Crippen LogP contribution in [0.25, 0.3) is 0 Å². The molecule has 1 heterocycles. The third kappa shape index (κ3) is 2.40. The van der Waals surface area contributed by atoms with Crippen LogP contribution < -0.4 is 0 Å². The first kappa shape index (κ1) is 10.9. The average molecular weight is 340 g/mol. The third-order valence-corrected chi connectivity index (χ3v) is 4.91. The maximum absolute atomic E-state index is 12.2. The second kappa shape index (κ2) is 4.35. The molecule has 68 valence electrons. The average Bonchev–Trinajstić information content (AvgIpc) is 2.30. The van der Waals surface area contributed by atoms with Gasteiger partial charge in [0.15, 0.2) is 0 Å². The molecule has 0 spiro atoms. The van der Waals surface area contributed by atoms with E-state index in [0.717, 1.165) is 0 Å². The largest absolute Gasteiger partial charge is 0.255 e. The minimum absolute atomic E-state index is 0.472. The SMILES string of the molecule is FC(F)C(Br)c1cc(Cl)c(Br)s1. The molecule has 12 heavy (non-hydrogen) atoms. The van der Waals surface area contributed by atoms with Gasteiger partial charge in [0.25, 0.3) is 6.43 Å². The predicted octanol–water partition coefficient (Wildman–Crippen LogP) is 4.87. The van der Waals surface area contributed by atoms with Gasteiger partial charge < -0.3 is 0 Å². The third-order valence-electron chi connectivity index (χ3n) is 1.16. The van der Waals surface area contributed by atoms with Crippen LogP contribution in [0.5, 0.6) is 0 Å². The normalized spacial score (nSPS) is 13.8. The van der Waals surface area contributed by atoms with Crippen LogP contribution >= 0.6 is 54.8 Å². The summed E-state index contributed by atoms with van der Waals surface area (Å²) in [6, 6.07) is 1.53. The molecule has 0 N–H and O–H groups in total. The summed E-state index contributed by atoms with van der Waals surface area (Å²) < 4.78 is 25.0. The minimum atomic E-state index is -2.41. The fourth-order valence-electron chi connectivity index (χ4n) is 0.623. The molecule has 0 aliphatic rings. The van der Waals surface area contributed by atoms with Crippen LogP contribution in [0.1, 0.15) is 9.70 Å². The van der Waals surface area contributed by atoms with Crippen molar-refractivity contribution in [3.05, 3.63) is 19.8 Å². The number of alkyl halides is 3. The monoisotopic (exact) mass is 338 g/mol. The van der Waals surface area contributed by atoms with E-state index in [-0.39, 0.29) is 0 Å². The van der Waals surface area contributed by atoms with Crippen molar-refractivity contribution < 1.29 is 8.78 Å². The van der Waals surface area contributed by atoms with Crippen molar-refractivity contribution in [3.63, 3.8) is 0 Å². The van der Waals surface area contributed by atoms with Crippen molar-refractivity contribution in [2.24, 2.45) is 0 Å². The molecule has 1 aromatic heterocycles. The Hall–Kier alpha value is 0.810. The molecule has 1 aromatic rings. The summed E-state index contributed by atoms with van der Waals surface area (Å²) in [5, 5.41) is 0.472. The number of hydrogen-bond acceptors (Lipinski definition) is 1. The van der Waals surface area contributed by atoms with Crippen molar-refractivity contribution >= 4 is 54.8 Å². The van der Waals surface area contributed by atoms with Gasteiger partial charge in [-0.2, -0.15) is 0 Å². The van der Waals surface area contributed by atoms with E-state index in [1.165, 1.54) is 17.4 Å². The molecule has 6 heteroatoms. The zero-order valence-electron chi connectivity index (χ0n) is 5.53. The van der Waals surface area contributed by atoms with Gasteiger partial charge in [0, 0.05) is 4.88 Å². The molecule has 0 nitrogen and oxygen atoms in total. The summed E-state index contributed by atoms with van der Waals surface area (Å²) in [5.41, 5.74) is 0. The Morgan fingerprint density at radius 2 is 2.08 bits per heavy atom. The number of halogens is 5. The Morgan fingerprint density at radius 3 is 2.42 bits per heavy atom. The van der Waals surface area contributed by atoms with E-state index < -0.39 is 11.3 Å². The fourth-order valence-corrected chi connectivity index (χ4v) is 2.76. The lowest BCUT2D eigenvalue weighted by molar-refractivity contribution is 0.148. The second-order valence-corrected chi connectivity index (χ2v) is 5.80. The van der Waals surface area contributed by atoms with Gasteiger partial charge in [-0.1, -0.05) is 27.5 Å². The lowest BCUT2D eigenvalue weighted by Gasteiger charge is -2.03. The van der Waals surface area contributed by atoms with Gasteiger partial charge in [0.05, 0.1) is 8.81 Å². The van der Waals surface area contributed by atoms with Crippen LogP contribution in [0.4, 0.5) is 8.78 Å². The molecular formula is C6H3Br2ClF2S. The zero-order valence-corrected chi connectivity index (χ0v) is 10.3. The molecule has 0 aliphatic heterocycles. The fraction of sp³-hybridized carbons (Fsp3) is 0.333. The molecule has 0 bridgehead atoms. The van der Waals surface area contributed by atoms with Crippen LogP contribution in [-0.4, -0.2) is 6.43 Å². The highest BCUT2D eigenvalue weighted by Crippen LogP contribution is 2.40. The Morgan fingerprint density at radius 1 is 1.50 bits per heavy atom. The van der Waals surface area contributed by atoms with Crippen LogP contribution in [0.2, 0.25) is 5.02 Å². The maximum Gasteiger partial charge on any atom is 0.255 e. The quantitative estimate of drug-likeness (QED) is 0.674. The van der Waals surface area contributed by atoms with E-state index >= 15 is 0 Å². The van der Waals surface area contributed by atoms with Gasteiger partial charge in [0.2, 0.25) is 0 Å². The Balaban J connectivity index is 2.89. The van der Waals surface area contributed by atoms with Gasteiger partial charge in [-0.25, -0.2) is 8.78 Å². The smallest absolute Gasteiger partial charge is 0.209 e. The van der Waals surface area contributed by atoms with Crippen molar-refractivity contribution in [3.8, 4) is 0 Å².